The third-order valence-corrected chi connectivity index (χ3v) is 11.1. The number of aryl methyl sites for hydroxylation is 2. The first-order valence-corrected chi connectivity index (χ1v) is 16.4. The Morgan fingerprint density at radius 3 is 2.61 bits per heavy atom. The molecule has 2 bridgehead atoms. The lowest BCUT2D eigenvalue weighted by molar-refractivity contribution is -0.135. The van der Waals surface area contributed by atoms with E-state index >= 15 is 0 Å². The van der Waals surface area contributed by atoms with Crippen molar-refractivity contribution < 1.29 is 23.8 Å². The standard InChI is InChI=1S/C39H42N2O5/c1-24-11-12-28(21-25(24)2)13-16-35(43)40(4)31-15-14-30-32-22-29-33(45-26(3)42)23-34(44-5)37-36(29)39(30,38(31)46-37)18-20-41(32)19-17-27-9-7-6-8-10-27/h6-12,21,23,30-32,38H,14-15,17-20,22H2,1-5H3/t30-,31+,32+,38-,39-/m0/s1. The number of benzene rings is 3. The number of piperidine rings is 1. The van der Waals surface area contributed by atoms with Crippen molar-refractivity contribution in [3.8, 4) is 29.1 Å². The summed E-state index contributed by atoms with van der Waals surface area (Å²) in [6.45, 7) is 7.47. The summed E-state index contributed by atoms with van der Waals surface area (Å²) in [5.41, 5.74) is 6.38. The molecule has 2 aliphatic carbocycles. The lowest BCUT2D eigenvalue weighted by atomic mass is 9.50. The van der Waals surface area contributed by atoms with Crippen LogP contribution < -0.4 is 14.2 Å². The van der Waals surface area contributed by atoms with E-state index in [4.69, 9.17) is 14.2 Å². The molecule has 2 fully saturated rings. The van der Waals surface area contributed by atoms with Crippen molar-refractivity contribution in [1.82, 2.24) is 9.80 Å². The Morgan fingerprint density at radius 1 is 1.07 bits per heavy atom. The smallest absolute Gasteiger partial charge is 0.308 e. The van der Waals surface area contributed by atoms with Gasteiger partial charge in [0.05, 0.1) is 13.2 Å². The molecule has 7 rings (SSSR count). The molecule has 0 unspecified atom stereocenters. The monoisotopic (exact) mass is 618 g/mol. The molecule has 2 heterocycles. The van der Waals surface area contributed by atoms with Crippen molar-refractivity contribution >= 4 is 11.9 Å². The van der Waals surface area contributed by atoms with E-state index in [1.54, 1.807) is 12.0 Å². The van der Waals surface area contributed by atoms with Gasteiger partial charge in [-0.05, 0) is 87.2 Å². The van der Waals surface area contributed by atoms with Gasteiger partial charge in [0.25, 0.3) is 5.91 Å². The number of rotatable bonds is 6. The summed E-state index contributed by atoms with van der Waals surface area (Å²) in [5.74, 6) is 7.68. The molecule has 1 saturated carbocycles. The number of hydrogen-bond acceptors (Lipinski definition) is 6. The molecule has 0 radical (unpaired) electrons. The van der Waals surface area contributed by atoms with E-state index in [0.717, 1.165) is 73.2 Å². The van der Waals surface area contributed by atoms with Gasteiger partial charge in [-0.15, -0.1) is 0 Å². The van der Waals surface area contributed by atoms with Gasteiger partial charge in [-0.1, -0.05) is 42.3 Å². The first kappa shape index (κ1) is 30.4. The van der Waals surface area contributed by atoms with Crippen LogP contribution in [0.1, 0.15) is 59.6 Å². The largest absolute Gasteiger partial charge is 0.493 e. The van der Waals surface area contributed by atoms with Gasteiger partial charge in [0.15, 0.2) is 11.5 Å². The highest BCUT2D eigenvalue weighted by Crippen LogP contribution is 2.65. The van der Waals surface area contributed by atoms with E-state index in [0.29, 0.717) is 17.4 Å². The van der Waals surface area contributed by atoms with E-state index in [9.17, 15) is 9.59 Å². The van der Waals surface area contributed by atoms with Crippen molar-refractivity contribution in [3.05, 3.63) is 88.0 Å². The minimum Gasteiger partial charge on any atom is -0.493 e. The number of likely N-dealkylation sites (N-methyl/N-ethyl adjacent to an activating group) is 1. The summed E-state index contributed by atoms with van der Waals surface area (Å²) < 4.78 is 18.7. The third-order valence-electron chi connectivity index (χ3n) is 11.1. The molecule has 3 aromatic rings. The van der Waals surface area contributed by atoms with E-state index in [2.05, 4.69) is 60.9 Å². The van der Waals surface area contributed by atoms with Gasteiger partial charge in [-0.25, -0.2) is 0 Å². The number of ether oxygens (including phenoxy) is 3. The lowest BCUT2D eigenvalue weighted by Gasteiger charge is -2.60. The fraction of sp³-hybridized carbons (Fsp3) is 0.436. The topological polar surface area (TPSA) is 68.3 Å². The van der Waals surface area contributed by atoms with Gasteiger partial charge in [0, 0.05) is 60.7 Å². The predicted molar refractivity (Wildman–Crippen MR) is 176 cm³/mol. The van der Waals surface area contributed by atoms with Crippen LogP contribution in [0.5, 0.6) is 17.2 Å². The molecule has 4 aliphatic rings. The van der Waals surface area contributed by atoms with E-state index < -0.39 is 0 Å². The number of carbonyl (C=O) groups excluding carboxylic acids is 2. The number of nitrogens with zero attached hydrogens (tertiary/aromatic N) is 2. The number of likely N-dealkylation sites (tertiary alicyclic amines) is 1. The van der Waals surface area contributed by atoms with Crippen LogP contribution in [-0.2, 0) is 27.8 Å². The van der Waals surface area contributed by atoms with Gasteiger partial charge in [0.1, 0.15) is 11.9 Å². The minimum absolute atomic E-state index is 0.158. The summed E-state index contributed by atoms with van der Waals surface area (Å²) in [6.07, 6.45) is 4.21. The second-order valence-corrected chi connectivity index (χ2v) is 13.4. The van der Waals surface area contributed by atoms with Crippen molar-refractivity contribution in [1.29, 1.82) is 0 Å². The summed E-state index contributed by atoms with van der Waals surface area (Å²) in [5, 5.41) is 0. The van der Waals surface area contributed by atoms with Crippen LogP contribution in [0.2, 0.25) is 0 Å². The van der Waals surface area contributed by atoms with E-state index in [-0.39, 0.29) is 35.5 Å². The van der Waals surface area contributed by atoms with Crippen molar-refractivity contribution in [2.75, 3.05) is 27.2 Å². The van der Waals surface area contributed by atoms with Crippen LogP contribution in [0.3, 0.4) is 0 Å². The zero-order valence-corrected chi connectivity index (χ0v) is 27.4. The first-order chi connectivity index (χ1) is 22.2. The average molecular weight is 619 g/mol. The lowest BCUT2D eigenvalue weighted by Crippen LogP contribution is -2.69. The van der Waals surface area contributed by atoms with Gasteiger partial charge >= 0.3 is 5.97 Å². The number of methoxy groups -OCH3 is 1. The molecule has 7 heteroatoms. The molecule has 1 saturated heterocycles. The highest BCUT2D eigenvalue weighted by atomic mass is 16.5. The Labute approximate surface area is 271 Å². The molecule has 1 spiro atoms. The molecule has 5 atom stereocenters. The molecule has 3 aromatic carbocycles. The van der Waals surface area contributed by atoms with Gasteiger partial charge in [-0.3, -0.25) is 14.5 Å². The molecule has 1 amide bonds. The van der Waals surface area contributed by atoms with E-state index in [1.165, 1.54) is 18.1 Å². The fourth-order valence-corrected chi connectivity index (χ4v) is 8.81. The Morgan fingerprint density at radius 2 is 1.87 bits per heavy atom. The summed E-state index contributed by atoms with van der Waals surface area (Å²) in [6, 6.07) is 18.6. The second-order valence-electron chi connectivity index (χ2n) is 13.4. The van der Waals surface area contributed by atoms with Gasteiger partial charge in [-0.2, -0.15) is 0 Å². The first-order valence-electron chi connectivity index (χ1n) is 16.4. The van der Waals surface area contributed by atoms with Crippen LogP contribution in [0.4, 0.5) is 0 Å². The van der Waals surface area contributed by atoms with Crippen molar-refractivity contribution in [3.63, 3.8) is 0 Å². The molecule has 0 aromatic heterocycles. The maximum atomic E-state index is 13.6. The minimum atomic E-state index is -0.353. The normalized spacial score (nSPS) is 25.4. The Balaban J connectivity index is 1.25. The molecule has 7 nitrogen and oxygen atoms in total. The zero-order chi connectivity index (χ0) is 32.2. The quantitative estimate of drug-likeness (QED) is 0.210. The molecule has 46 heavy (non-hydrogen) atoms. The van der Waals surface area contributed by atoms with Crippen LogP contribution in [0.25, 0.3) is 0 Å². The number of hydrogen-bond donors (Lipinski definition) is 0. The maximum absolute atomic E-state index is 13.6. The highest BCUT2D eigenvalue weighted by Gasteiger charge is 2.67. The summed E-state index contributed by atoms with van der Waals surface area (Å²) >= 11 is 0. The molecular weight excluding hydrogens is 576 g/mol. The van der Waals surface area contributed by atoms with Crippen LogP contribution >= 0.6 is 0 Å². The molecule has 0 N–H and O–H groups in total. The fourth-order valence-electron chi connectivity index (χ4n) is 8.81. The number of carbonyl (C=O) groups is 2. The molecular formula is C39H42N2O5. The van der Waals surface area contributed by atoms with Crippen LogP contribution in [-0.4, -0.2) is 67.1 Å². The van der Waals surface area contributed by atoms with Gasteiger partial charge < -0.3 is 19.1 Å². The zero-order valence-electron chi connectivity index (χ0n) is 27.4. The third kappa shape index (κ3) is 4.95. The Bertz CT molecular complexity index is 1760. The average Bonchev–Trinajstić information content (AvgIpc) is 3.39. The van der Waals surface area contributed by atoms with E-state index in [1.807, 2.05) is 31.3 Å². The summed E-state index contributed by atoms with van der Waals surface area (Å²) in [7, 11) is 3.49. The van der Waals surface area contributed by atoms with Crippen LogP contribution in [0.15, 0.2) is 54.6 Å². The SMILES string of the molecule is COc1cc(OC(C)=O)c2c3c1O[C@H]1[C@H](N(C)C(=O)C#Cc4ccc(C)c(C)c4)CC[C@H]4[C@@H](C2)N(CCc2ccccc2)CC[C@@]341. The van der Waals surface area contributed by atoms with Crippen molar-refractivity contribution in [2.45, 2.75) is 76.5 Å². The second kappa shape index (κ2) is 11.8. The Hall–Kier alpha value is -4.28. The van der Waals surface area contributed by atoms with Gasteiger partial charge in [0.2, 0.25) is 0 Å². The molecule has 2 aliphatic heterocycles. The predicted octanol–water partition coefficient (Wildman–Crippen LogP) is 5.40. The molecule has 238 valence electrons. The Kier molecular flexibility index (Phi) is 7.81. The summed E-state index contributed by atoms with van der Waals surface area (Å²) in [4.78, 5) is 30.4. The highest BCUT2D eigenvalue weighted by molar-refractivity contribution is 5.94. The maximum Gasteiger partial charge on any atom is 0.308 e. The van der Waals surface area contributed by atoms with Crippen molar-refractivity contribution in [2.24, 2.45) is 5.92 Å². The van der Waals surface area contributed by atoms with Crippen LogP contribution in [0, 0.1) is 31.6 Å². The number of esters is 1. The number of amides is 1.